The molecule has 0 radical (unpaired) electrons. The van der Waals surface area contributed by atoms with Gasteiger partial charge in [0.15, 0.2) is 11.2 Å². The third-order valence-electron chi connectivity index (χ3n) is 5.15. The van der Waals surface area contributed by atoms with Gasteiger partial charge in [0, 0.05) is 17.1 Å². The number of likely N-dealkylation sites (N-methyl/N-ethyl adjacent to an activating group) is 1. The van der Waals surface area contributed by atoms with Crippen molar-refractivity contribution in [1.82, 2.24) is 10.2 Å². The van der Waals surface area contributed by atoms with Gasteiger partial charge in [-0.05, 0) is 48.8 Å². The van der Waals surface area contributed by atoms with Crippen LogP contribution >= 0.6 is 15.9 Å². The maximum Gasteiger partial charge on any atom is 0.287 e. The zero-order valence-electron chi connectivity index (χ0n) is 18.0. The SMILES string of the molecule is CN(C)[C@H](CNC(=O)c1cc(=O)c2cc(Br)ccc2o1)c1ccc(C(C)(C)C)cc1. The summed E-state index contributed by atoms with van der Waals surface area (Å²) in [4.78, 5) is 27.1. The quantitative estimate of drug-likeness (QED) is 0.576. The van der Waals surface area contributed by atoms with Gasteiger partial charge in [0.1, 0.15) is 5.58 Å². The van der Waals surface area contributed by atoms with Crippen molar-refractivity contribution in [3.8, 4) is 0 Å². The minimum absolute atomic E-state index is 0.00824. The molecule has 0 saturated carbocycles. The molecule has 1 N–H and O–H groups in total. The Labute approximate surface area is 185 Å². The van der Waals surface area contributed by atoms with Crippen LogP contribution in [0.1, 0.15) is 48.5 Å². The van der Waals surface area contributed by atoms with Gasteiger partial charge in [-0.25, -0.2) is 0 Å². The molecule has 0 unspecified atom stereocenters. The lowest BCUT2D eigenvalue weighted by Crippen LogP contribution is -2.34. The van der Waals surface area contributed by atoms with Crippen molar-refractivity contribution in [1.29, 1.82) is 0 Å². The molecule has 0 fully saturated rings. The smallest absolute Gasteiger partial charge is 0.287 e. The van der Waals surface area contributed by atoms with Gasteiger partial charge in [-0.15, -0.1) is 0 Å². The number of carbonyl (C=O) groups excluding carboxylic acids is 1. The monoisotopic (exact) mass is 470 g/mol. The summed E-state index contributed by atoms with van der Waals surface area (Å²) < 4.78 is 6.45. The highest BCUT2D eigenvalue weighted by Crippen LogP contribution is 2.25. The number of fused-ring (bicyclic) bond motifs is 1. The number of carbonyl (C=O) groups is 1. The Morgan fingerprint density at radius 3 is 2.37 bits per heavy atom. The molecule has 2 aromatic carbocycles. The second-order valence-electron chi connectivity index (χ2n) is 8.68. The highest BCUT2D eigenvalue weighted by atomic mass is 79.9. The fourth-order valence-electron chi connectivity index (χ4n) is 3.32. The van der Waals surface area contributed by atoms with E-state index in [-0.39, 0.29) is 22.6 Å². The summed E-state index contributed by atoms with van der Waals surface area (Å²) in [6.45, 7) is 6.94. The first-order valence-electron chi connectivity index (χ1n) is 9.85. The second kappa shape index (κ2) is 8.74. The summed E-state index contributed by atoms with van der Waals surface area (Å²) in [5, 5.41) is 3.34. The maximum absolute atomic E-state index is 12.7. The maximum atomic E-state index is 12.7. The Morgan fingerprint density at radius 1 is 1.10 bits per heavy atom. The van der Waals surface area contributed by atoms with Crippen LogP contribution in [0.25, 0.3) is 11.0 Å². The third-order valence-corrected chi connectivity index (χ3v) is 5.65. The van der Waals surface area contributed by atoms with E-state index in [2.05, 4.69) is 71.2 Å². The van der Waals surface area contributed by atoms with Crippen LogP contribution in [0.2, 0.25) is 0 Å². The van der Waals surface area contributed by atoms with Gasteiger partial charge in [-0.2, -0.15) is 0 Å². The molecule has 0 aliphatic rings. The molecule has 0 spiro atoms. The zero-order valence-corrected chi connectivity index (χ0v) is 19.5. The van der Waals surface area contributed by atoms with Gasteiger partial charge in [0.05, 0.1) is 11.4 Å². The van der Waals surface area contributed by atoms with Crippen LogP contribution in [0, 0.1) is 0 Å². The summed E-state index contributed by atoms with van der Waals surface area (Å²) in [5.41, 5.74) is 2.60. The topological polar surface area (TPSA) is 62.6 Å². The largest absolute Gasteiger partial charge is 0.451 e. The van der Waals surface area contributed by atoms with E-state index in [4.69, 9.17) is 4.42 Å². The number of rotatable bonds is 5. The predicted octanol–water partition coefficient (Wildman–Crippen LogP) is 4.89. The van der Waals surface area contributed by atoms with Crippen molar-refractivity contribution in [3.63, 3.8) is 0 Å². The molecular formula is C24H27BrN2O3. The molecule has 0 saturated heterocycles. The first-order valence-corrected chi connectivity index (χ1v) is 10.6. The van der Waals surface area contributed by atoms with Crippen LogP contribution in [0.3, 0.4) is 0 Å². The molecule has 1 amide bonds. The molecule has 1 aromatic heterocycles. The van der Waals surface area contributed by atoms with Gasteiger partial charge >= 0.3 is 0 Å². The third kappa shape index (κ3) is 4.99. The normalized spacial score (nSPS) is 12.9. The molecule has 1 heterocycles. The minimum atomic E-state index is -0.407. The average Bonchev–Trinajstić information content (AvgIpc) is 2.68. The lowest BCUT2D eigenvalue weighted by molar-refractivity contribution is 0.0914. The van der Waals surface area contributed by atoms with Crippen LogP contribution in [-0.2, 0) is 5.41 Å². The Bertz CT molecular complexity index is 1110. The van der Waals surface area contributed by atoms with Crippen LogP contribution in [-0.4, -0.2) is 31.4 Å². The summed E-state index contributed by atoms with van der Waals surface area (Å²) >= 11 is 3.34. The van der Waals surface area contributed by atoms with Crippen LogP contribution in [0.5, 0.6) is 0 Å². The van der Waals surface area contributed by atoms with Crippen LogP contribution in [0.4, 0.5) is 0 Å². The second-order valence-corrected chi connectivity index (χ2v) is 9.59. The van der Waals surface area contributed by atoms with E-state index in [1.54, 1.807) is 18.2 Å². The molecular weight excluding hydrogens is 444 g/mol. The number of hydrogen-bond acceptors (Lipinski definition) is 4. The minimum Gasteiger partial charge on any atom is -0.451 e. The number of nitrogens with zero attached hydrogens (tertiary/aromatic N) is 1. The number of benzene rings is 2. The first-order chi connectivity index (χ1) is 14.1. The van der Waals surface area contributed by atoms with Crippen molar-refractivity contribution in [2.75, 3.05) is 20.6 Å². The van der Waals surface area contributed by atoms with Gasteiger partial charge < -0.3 is 14.6 Å². The molecule has 3 aromatic rings. The number of amides is 1. The molecule has 6 heteroatoms. The van der Waals surface area contributed by atoms with Gasteiger partial charge in [0.2, 0.25) is 0 Å². The summed E-state index contributed by atoms with van der Waals surface area (Å²) in [5.74, 6) is -0.398. The molecule has 0 aliphatic heterocycles. The Kier molecular flexibility index (Phi) is 6.48. The molecule has 158 valence electrons. The van der Waals surface area contributed by atoms with Gasteiger partial charge in [0.25, 0.3) is 5.91 Å². The Balaban J connectivity index is 1.78. The Hall–Kier alpha value is -2.44. The molecule has 30 heavy (non-hydrogen) atoms. The fourth-order valence-corrected chi connectivity index (χ4v) is 3.68. The van der Waals surface area contributed by atoms with Crippen molar-refractivity contribution >= 4 is 32.8 Å². The highest BCUT2D eigenvalue weighted by molar-refractivity contribution is 9.10. The van der Waals surface area contributed by atoms with E-state index in [1.165, 1.54) is 11.6 Å². The van der Waals surface area contributed by atoms with E-state index >= 15 is 0 Å². The highest BCUT2D eigenvalue weighted by Gasteiger charge is 2.19. The average molecular weight is 471 g/mol. The predicted molar refractivity (Wildman–Crippen MR) is 124 cm³/mol. The number of hydrogen-bond donors (Lipinski definition) is 1. The van der Waals surface area contributed by atoms with E-state index in [0.717, 1.165) is 10.0 Å². The van der Waals surface area contributed by atoms with Crippen LogP contribution in [0.15, 0.2) is 62.2 Å². The van der Waals surface area contributed by atoms with E-state index < -0.39 is 5.91 Å². The summed E-state index contributed by atoms with van der Waals surface area (Å²) in [7, 11) is 3.95. The lowest BCUT2D eigenvalue weighted by Gasteiger charge is -2.26. The molecule has 5 nitrogen and oxygen atoms in total. The van der Waals surface area contributed by atoms with Gasteiger partial charge in [-0.3, -0.25) is 9.59 Å². The van der Waals surface area contributed by atoms with E-state index in [9.17, 15) is 9.59 Å². The van der Waals surface area contributed by atoms with Crippen molar-refractivity contribution in [2.45, 2.75) is 32.2 Å². The molecule has 0 bridgehead atoms. The molecule has 0 aliphatic carbocycles. The van der Waals surface area contributed by atoms with E-state index in [0.29, 0.717) is 17.5 Å². The number of nitrogens with one attached hydrogen (secondary N) is 1. The molecule has 3 rings (SSSR count). The van der Waals surface area contributed by atoms with Crippen molar-refractivity contribution < 1.29 is 9.21 Å². The van der Waals surface area contributed by atoms with Crippen molar-refractivity contribution in [2.24, 2.45) is 0 Å². The van der Waals surface area contributed by atoms with E-state index in [1.807, 2.05) is 14.1 Å². The van der Waals surface area contributed by atoms with Gasteiger partial charge in [-0.1, -0.05) is 61.0 Å². The first kappa shape index (κ1) is 22.2. The fraction of sp³-hybridized carbons (Fsp3) is 0.333. The molecule has 1 atom stereocenters. The lowest BCUT2D eigenvalue weighted by atomic mass is 9.86. The Morgan fingerprint density at radius 2 is 1.77 bits per heavy atom. The van der Waals surface area contributed by atoms with Crippen LogP contribution < -0.4 is 10.7 Å². The standard InChI is InChI=1S/C24H27BrN2O3/c1-24(2,3)16-8-6-15(7-9-16)19(27(4)5)14-26-23(29)22-13-20(28)18-12-17(25)10-11-21(18)30-22/h6-13,19H,14H2,1-5H3,(H,26,29)/t19-/m1/s1. The number of halogens is 1. The summed E-state index contributed by atoms with van der Waals surface area (Å²) in [6, 6.07) is 14.8. The zero-order chi connectivity index (χ0) is 22.1. The summed E-state index contributed by atoms with van der Waals surface area (Å²) in [6.07, 6.45) is 0. The van der Waals surface area contributed by atoms with Crippen molar-refractivity contribution in [3.05, 3.63) is 80.1 Å².